The van der Waals surface area contributed by atoms with Crippen molar-refractivity contribution in [1.29, 1.82) is 0 Å². The third kappa shape index (κ3) is 4.39. The Kier molecular flexibility index (Phi) is 5.59. The van der Waals surface area contributed by atoms with Crippen LogP contribution in [-0.4, -0.2) is 21.5 Å². The molecular weight excluding hydrogens is 334 g/mol. The Morgan fingerprint density at radius 1 is 1.00 bits per heavy atom. The topological polar surface area (TPSA) is 12.5 Å². The number of anilines is 1. The lowest BCUT2D eigenvalue weighted by molar-refractivity contribution is 0.225. The van der Waals surface area contributed by atoms with Gasteiger partial charge in [0.1, 0.15) is 0 Å². The van der Waals surface area contributed by atoms with E-state index in [1.54, 1.807) is 0 Å². The molecule has 0 bridgehead atoms. The summed E-state index contributed by atoms with van der Waals surface area (Å²) in [5, 5.41) is 0.267. The van der Waals surface area contributed by atoms with Crippen molar-refractivity contribution < 1.29 is 4.43 Å². The summed E-state index contributed by atoms with van der Waals surface area (Å²) in [4.78, 5) is 2.54. The van der Waals surface area contributed by atoms with Gasteiger partial charge in [0, 0.05) is 31.3 Å². The maximum Gasteiger partial charge on any atom is 0.191 e. The highest BCUT2D eigenvalue weighted by molar-refractivity contribution is 6.74. The molecule has 0 N–H and O–H groups in total. The standard InChI is InChI=1S/C23H33NOSi/c1-23(2,3)26(4,5)25-18-20-15-21-13-9-10-14-22(21)24(17-20)16-19-11-7-6-8-12-19/h6-14,20H,15-18H2,1-5H3/t20-/m0/s1. The van der Waals surface area contributed by atoms with Gasteiger partial charge in [0.25, 0.3) is 0 Å². The van der Waals surface area contributed by atoms with E-state index in [1.807, 2.05) is 0 Å². The predicted molar refractivity (Wildman–Crippen MR) is 114 cm³/mol. The van der Waals surface area contributed by atoms with Crippen LogP contribution in [0.2, 0.25) is 18.1 Å². The zero-order valence-electron chi connectivity index (χ0n) is 17.0. The van der Waals surface area contributed by atoms with Gasteiger partial charge in [-0.05, 0) is 41.7 Å². The van der Waals surface area contributed by atoms with Gasteiger partial charge >= 0.3 is 0 Å². The second-order valence-corrected chi connectivity index (χ2v) is 13.9. The first-order valence-corrected chi connectivity index (χ1v) is 12.7. The molecule has 0 spiro atoms. The Morgan fingerprint density at radius 2 is 1.65 bits per heavy atom. The molecule has 0 saturated heterocycles. The van der Waals surface area contributed by atoms with Gasteiger partial charge in [0.15, 0.2) is 8.32 Å². The van der Waals surface area contributed by atoms with Crippen LogP contribution in [0.1, 0.15) is 31.9 Å². The third-order valence-corrected chi connectivity index (χ3v) is 10.5. The molecule has 140 valence electrons. The minimum Gasteiger partial charge on any atom is -0.416 e. The van der Waals surface area contributed by atoms with Crippen LogP contribution >= 0.6 is 0 Å². The van der Waals surface area contributed by atoms with E-state index < -0.39 is 8.32 Å². The number of para-hydroxylation sites is 1. The molecule has 1 atom stereocenters. The van der Waals surface area contributed by atoms with E-state index >= 15 is 0 Å². The molecule has 26 heavy (non-hydrogen) atoms. The van der Waals surface area contributed by atoms with Crippen molar-refractivity contribution in [3.8, 4) is 0 Å². The SMILES string of the molecule is CC(C)(C)[Si](C)(C)OC[C@H]1Cc2ccccc2N(Cc2ccccc2)C1. The summed E-state index contributed by atoms with van der Waals surface area (Å²) >= 11 is 0. The van der Waals surface area contributed by atoms with E-state index in [9.17, 15) is 0 Å². The van der Waals surface area contributed by atoms with Crippen molar-refractivity contribution in [3.63, 3.8) is 0 Å². The van der Waals surface area contributed by atoms with E-state index in [2.05, 4.69) is 93.4 Å². The van der Waals surface area contributed by atoms with Crippen LogP contribution in [-0.2, 0) is 17.4 Å². The van der Waals surface area contributed by atoms with Gasteiger partial charge in [0.2, 0.25) is 0 Å². The molecule has 0 aromatic heterocycles. The first kappa shape index (κ1) is 19.2. The highest BCUT2D eigenvalue weighted by atomic mass is 28.4. The van der Waals surface area contributed by atoms with Gasteiger partial charge in [-0.2, -0.15) is 0 Å². The second-order valence-electron chi connectivity index (χ2n) is 9.14. The number of rotatable bonds is 5. The highest BCUT2D eigenvalue weighted by Crippen LogP contribution is 2.38. The van der Waals surface area contributed by atoms with Gasteiger partial charge < -0.3 is 9.33 Å². The van der Waals surface area contributed by atoms with Gasteiger partial charge in [-0.25, -0.2) is 0 Å². The van der Waals surface area contributed by atoms with Crippen LogP contribution in [0, 0.1) is 5.92 Å². The molecule has 0 radical (unpaired) electrons. The van der Waals surface area contributed by atoms with E-state index in [4.69, 9.17) is 4.43 Å². The average molecular weight is 368 g/mol. The molecule has 1 aliphatic heterocycles. The average Bonchev–Trinajstić information content (AvgIpc) is 2.60. The second kappa shape index (κ2) is 7.57. The number of benzene rings is 2. The molecule has 0 saturated carbocycles. The quantitative estimate of drug-likeness (QED) is 0.611. The Morgan fingerprint density at radius 3 is 2.35 bits per heavy atom. The zero-order chi connectivity index (χ0) is 18.8. The molecule has 3 rings (SSSR count). The minimum atomic E-state index is -1.70. The molecule has 2 aromatic rings. The number of hydrogen-bond donors (Lipinski definition) is 0. The third-order valence-electron chi connectivity index (χ3n) is 6.02. The van der Waals surface area contributed by atoms with Crippen LogP contribution < -0.4 is 4.90 Å². The molecule has 1 heterocycles. The van der Waals surface area contributed by atoms with Crippen LogP contribution in [0.5, 0.6) is 0 Å². The van der Waals surface area contributed by atoms with Crippen LogP contribution in [0.15, 0.2) is 54.6 Å². The van der Waals surface area contributed by atoms with E-state index in [0.29, 0.717) is 5.92 Å². The lowest BCUT2D eigenvalue weighted by Gasteiger charge is -2.40. The fourth-order valence-corrected chi connectivity index (χ4v) is 4.47. The highest BCUT2D eigenvalue weighted by Gasteiger charge is 2.38. The lowest BCUT2D eigenvalue weighted by atomic mass is 9.92. The maximum atomic E-state index is 6.56. The summed E-state index contributed by atoms with van der Waals surface area (Å²) in [7, 11) is -1.70. The van der Waals surface area contributed by atoms with E-state index in [0.717, 1.165) is 26.1 Å². The smallest absolute Gasteiger partial charge is 0.191 e. The van der Waals surface area contributed by atoms with Crippen molar-refractivity contribution >= 4 is 14.0 Å². The molecule has 2 aromatic carbocycles. The zero-order valence-corrected chi connectivity index (χ0v) is 18.0. The normalized spacial score (nSPS) is 17.9. The van der Waals surface area contributed by atoms with Gasteiger partial charge in [-0.15, -0.1) is 0 Å². The van der Waals surface area contributed by atoms with Crippen molar-refractivity contribution in [2.45, 2.75) is 51.9 Å². The summed E-state index contributed by atoms with van der Waals surface area (Å²) in [5.41, 5.74) is 4.21. The van der Waals surface area contributed by atoms with Crippen LogP contribution in [0.25, 0.3) is 0 Å². The summed E-state index contributed by atoms with van der Waals surface area (Å²) in [6, 6.07) is 19.7. The minimum absolute atomic E-state index is 0.267. The Labute approximate surface area is 160 Å². The van der Waals surface area contributed by atoms with Gasteiger partial charge in [-0.1, -0.05) is 69.3 Å². The Hall–Kier alpha value is -1.58. The van der Waals surface area contributed by atoms with Crippen LogP contribution in [0.3, 0.4) is 0 Å². The first-order chi connectivity index (χ1) is 12.3. The van der Waals surface area contributed by atoms with Crippen molar-refractivity contribution in [2.75, 3.05) is 18.1 Å². The van der Waals surface area contributed by atoms with E-state index in [1.165, 1.54) is 16.8 Å². The fourth-order valence-electron chi connectivity index (χ4n) is 3.39. The Bertz CT molecular complexity index is 720. The summed E-state index contributed by atoms with van der Waals surface area (Å²) < 4.78 is 6.56. The number of fused-ring (bicyclic) bond motifs is 1. The number of nitrogens with zero attached hydrogens (tertiary/aromatic N) is 1. The fraction of sp³-hybridized carbons (Fsp3) is 0.478. The molecule has 2 nitrogen and oxygen atoms in total. The summed E-state index contributed by atoms with van der Waals surface area (Å²) in [5.74, 6) is 0.558. The van der Waals surface area contributed by atoms with Crippen LogP contribution in [0.4, 0.5) is 5.69 Å². The Balaban J connectivity index is 1.74. The maximum absolute atomic E-state index is 6.56. The van der Waals surface area contributed by atoms with Crippen molar-refractivity contribution in [1.82, 2.24) is 0 Å². The monoisotopic (exact) mass is 367 g/mol. The van der Waals surface area contributed by atoms with Gasteiger partial charge in [-0.3, -0.25) is 0 Å². The summed E-state index contributed by atoms with van der Waals surface area (Å²) in [6.45, 7) is 14.6. The molecule has 0 aliphatic carbocycles. The lowest BCUT2D eigenvalue weighted by Crippen LogP contribution is -2.44. The summed E-state index contributed by atoms with van der Waals surface area (Å²) in [6.07, 6.45) is 1.12. The van der Waals surface area contributed by atoms with Gasteiger partial charge in [0.05, 0.1) is 0 Å². The molecule has 3 heteroatoms. The predicted octanol–water partition coefficient (Wildman–Crippen LogP) is 5.89. The molecule has 0 amide bonds. The molecule has 0 unspecified atom stereocenters. The van der Waals surface area contributed by atoms with Crippen molar-refractivity contribution in [2.24, 2.45) is 5.92 Å². The number of hydrogen-bond acceptors (Lipinski definition) is 2. The molecule has 0 fully saturated rings. The first-order valence-electron chi connectivity index (χ1n) is 9.77. The van der Waals surface area contributed by atoms with Crippen molar-refractivity contribution in [3.05, 3.63) is 65.7 Å². The molecular formula is C23H33NOSi. The van der Waals surface area contributed by atoms with E-state index in [-0.39, 0.29) is 5.04 Å². The molecule has 1 aliphatic rings. The largest absolute Gasteiger partial charge is 0.416 e.